The Labute approximate surface area is 166 Å². The van der Waals surface area contributed by atoms with E-state index in [0.717, 1.165) is 42.4 Å². The van der Waals surface area contributed by atoms with Crippen molar-refractivity contribution >= 4 is 17.3 Å². The van der Waals surface area contributed by atoms with Crippen molar-refractivity contribution in [2.24, 2.45) is 5.41 Å². The van der Waals surface area contributed by atoms with Crippen molar-refractivity contribution in [3.05, 3.63) is 58.1 Å². The molecule has 4 nitrogen and oxygen atoms in total. The Bertz CT molecular complexity index is 760. The third-order valence-electron chi connectivity index (χ3n) is 4.93. The molecule has 0 atom stereocenters. The lowest BCUT2D eigenvalue weighted by molar-refractivity contribution is 0.0975. The maximum atomic E-state index is 9.32. The summed E-state index contributed by atoms with van der Waals surface area (Å²) in [5, 5.41) is 17.1. The van der Waals surface area contributed by atoms with E-state index in [1.807, 2.05) is 32.0 Å². The molecular weight excluding hydrogens is 360 g/mol. The summed E-state index contributed by atoms with van der Waals surface area (Å²) in [5.74, 6) is 0.818. The second kappa shape index (κ2) is 8.96. The van der Waals surface area contributed by atoms with E-state index in [4.69, 9.17) is 16.3 Å². The van der Waals surface area contributed by atoms with Crippen LogP contribution in [0.5, 0.6) is 5.75 Å². The Kier molecular flexibility index (Phi) is 6.64. The predicted octanol–water partition coefficient (Wildman–Crippen LogP) is 4.04. The summed E-state index contributed by atoms with van der Waals surface area (Å²) in [6.45, 7) is 7.27. The minimum Gasteiger partial charge on any atom is -0.493 e. The minimum absolute atomic E-state index is 0.104. The Morgan fingerprint density at radius 3 is 2.59 bits per heavy atom. The third kappa shape index (κ3) is 5.38. The van der Waals surface area contributed by atoms with Crippen molar-refractivity contribution in [1.82, 2.24) is 5.32 Å². The summed E-state index contributed by atoms with van der Waals surface area (Å²) in [5.41, 5.74) is 4.70. The molecule has 0 bridgehead atoms. The SMILES string of the molecule is CC(C)(CO)COc1ccc(CNc2c(Cl)ccc3c2CCNCC3)cc1. The standard InChI is InChI=1S/C22H29ClN2O2/c1-22(2,14-26)15-27-18-6-3-16(4-7-18)13-25-21-19-10-12-24-11-9-17(19)5-8-20(21)23/h3-8,24-26H,9-15H2,1-2H3. The molecule has 5 heteroatoms. The van der Waals surface area contributed by atoms with Crippen LogP contribution in [0.2, 0.25) is 5.02 Å². The van der Waals surface area contributed by atoms with Crippen molar-refractivity contribution in [2.75, 3.05) is 31.6 Å². The lowest BCUT2D eigenvalue weighted by Gasteiger charge is -2.21. The molecule has 0 saturated heterocycles. The molecule has 0 unspecified atom stereocenters. The molecule has 0 aromatic heterocycles. The summed E-state index contributed by atoms with van der Waals surface area (Å²) in [6.07, 6.45) is 2.03. The lowest BCUT2D eigenvalue weighted by Crippen LogP contribution is -2.25. The number of halogens is 1. The number of hydrogen-bond acceptors (Lipinski definition) is 4. The van der Waals surface area contributed by atoms with Crippen LogP contribution in [0.3, 0.4) is 0 Å². The van der Waals surface area contributed by atoms with Gasteiger partial charge in [-0.15, -0.1) is 0 Å². The van der Waals surface area contributed by atoms with Gasteiger partial charge in [-0.3, -0.25) is 0 Å². The maximum absolute atomic E-state index is 9.32. The minimum atomic E-state index is -0.239. The predicted molar refractivity (Wildman–Crippen MR) is 112 cm³/mol. The van der Waals surface area contributed by atoms with Crippen molar-refractivity contribution in [2.45, 2.75) is 33.2 Å². The van der Waals surface area contributed by atoms with Gasteiger partial charge in [0, 0.05) is 12.0 Å². The summed E-state index contributed by atoms with van der Waals surface area (Å²) < 4.78 is 5.78. The van der Waals surface area contributed by atoms with Gasteiger partial charge >= 0.3 is 0 Å². The van der Waals surface area contributed by atoms with Gasteiger partial charge in [0.2, 0.25) is 0 Å². The summed E-state index contributed by atoms with van der Waals surface area (Å²) >= 11 is 6.48. The first-order chi connectivity index (χ1) is 13.0. The van der Waals surface area contributed by atoms with E-state index in [0.29, 0.717) is 13.2 Å². The molecule has 0 amide bonds. The van der Waals surface area contributed by atoms with Gasteiger partial charge in [0.1, 0.15) is 5.75 Å². The number of aliphatic hydroxyl groups excluding tert-OH is 1. The van der Waals surface area contributed by atoms with Crippen molar-refractivity contribution < 1.29 is 9.84 Å². The number of aliphatic hydroxyl groups is 1. The van der Waals surface area contributed by atoms with Crippen LogP contribution in [0.25, 0.3) is 0 Å². The fourth-order valence-electron chi connectivity index (χ4n) is 3.15. The summed E-state index contributed by atoms with van der Waals surface area (Å²) in [6, 6.07) is 12.2. The Balaban J connectivity index is 1.64. The maximum Gasteiger partial charge on any atom is 0.119 e. The number of ether oxygens (including phenoxy) is 1. The number of nitrogens with one attached hydrogen (secondary N) is 2. The fraction of sp³-hybridized carbons (Fsp3) is 0.455. The van der Waals surface area contributed by atoms with Gasteiger partial charge in [-0.05, 0) is 60.8 Å². The van der Waals surface area contributed by atoms with Crippen LogP contribution in [0.4, 0.5) is 5.69 Å². The van der Waals surface area contributed by atoms with Crippen LogP contribution >= 0.6 is 11.6 Å². The van der Waals surface area contributed by atoms with Gasteiger partial charge in [0.25, 0.3) is 0 Å². The highest BCUT2D eigenvalue weighted by molar-refractivity contribution is 6.33. The van der Waals surface area contributed by atoms with Crippen molar-refractivity contribution in [1.29, 1.82) is 0 Å². The van der Waals surface area contributed by atoms with Gasteiger partial charge in [-0.1, -0.05) is 43.6 Å². The largest absolute Gasteiger partial charge is 0.493 e. The number of anilines is 1. The number of hydrogen-bond donors (Lipinski definition) is 3. The highest BCUT2D eigenvalue weighted by Crippen LogP contribution is 2.31. The number of benzene rings is 2. The van der Waals surface area contributed by atoms with E-state index in [2.05, 4.69) is 28.8 Å². The Hall–Kier alpha value is -1.75. The highest BCUT2D eigenvalue weighted by atomic mass is 35.5. The summed E-state index contributed by atoms with van der Waals surface area (Å²) in [4.78, 5) is 0. The molecule has 1 aliphatic rings. The van der Waals surface area contributed by atoms with E-state index < -0.39 is 0 Å². The first-order valence-electron chi connectivity index (χ1n) is 9.56. The zero-order chi connectivity index (χ0) is 19.3. The molecule has 0 saturated carbocycles. The van der Waals surface area contributed by atoms with Crippen LogP contribution in [-0.2, 0) is 19.4 Å². The molecule has 2 aromatic rings. The van der Waals surface area contributed by atoms with Crippen LogP contribution < -0.4 is 15.4 Å². The van der Waals surface area contributed by atoms with Gasteiger partial charge in [-0.25, -0.2) is 0 Å². The molecule has 0 radical (unpaired) electrons. The third-order valence-corrected chi connectivity index (χ3v) is 5.25. The quantitative estimate of drug-likeness (QED) is 0.670. The van der Waals surface area contributed by atoms with Crippen LogP contribution in [-0.4, -0.2) is 31.4 Å². The number of fused-ring (bicyclic) bond motifs is 1. The van der Waals surface area contributed by atoms with Gasteiger partial charge in [0.15, 0.2) is 0 Å². The molecule has 1 aliphatic heterocycles. The first kappa shape index (κ1) is 20.0. The van der Waals surface area contributed by atoms with E-state index >= 15 is 0 Å². The zero-order valence-electron chi connectivity index (χ0n) is 16.1. The molecular formula is C22H29ClN2O2. The topological polar surface area (TPSA) is 53.5 Å². The highest BCUT2D eigenvalue weighted by Gasteiger charge is 2.17. The Morgan fingerprint density at radius 2 is 1.85 bits per heavy atom. The van der Waals surface area contributed by atoms with E-state index in [1.54, 1.807) is 0 Å². The van der Waals surface area contributed by atoms with Gasteiger partial charge in [-0.2, -0.15) is 0 Å². The van der Waals surface area contributed by atoms with E-state index in [1.165, 1.54) is 16.7 Å². The van der Waals surface area contributed by atoms with E-state index in [-0.39, 0.29) is 12.0 Å². The molecule has 146 valence electrons. The van der Waals surface area contributed by atoms with Crippen molar-refractivity contribution in [3.8, 4) is 5.75 Å². The average Bonchev–Trinajstić information content (AvgIpc) is 2.92. The molecule has 1 heterocycles. The average molecular weight is 389 g/mol. The Morgan fingerprint density at radius 1 is 1.11 bits per heavy atom. The second-order valence-corrected chi connectivity index (χ2v) is 8.33. The first-order valence-corrected chi connectivity index (χ1v) is 9.94. The number of rotatable bonds is 7. The van der Waals surface area contributed by atoms with Gasteiger partial charge < -0.3 is 20.5 Å². The van der Waals surface area contributed by atoms with Crippen LogP contribution in [0.1, 0.15) is 30.5 Å². The second-order valence-electron chi connectivity index (χ2n) is 7.92. The van der Waals surface area contributed by atoms with Crippen LogP contribution in [0, 0.1) is 5.41 Å². The molecule has 2 aromatic carbocycles. The molecule has 3 N–H and O–H groups in total. The van der Waals surface area contributed by atoms with Crippen molar-refractivity contribution in [3.63, 3.8) is 0 Å². The fourth-order valence-corrected chi connectivity index (χ4v) is 3.40. The van der Waals surface area contributed by atoms with Crippen LogP contribution in [0.15, 0.2) is 36.4 Å². The smallest absolute Gasteiger partial charge is 0.119 e. The lowest BCUT2D eigenvalue weighted by atomic mass is 9.96. The summed E-state index contributed by atoms with van der Waals surface area (Å²) in [7, 11) is 0. The van der Waals surface area contributed by atoms with E-state index in [9.17, 15) is 5.11 Å². The van der Waals surface area contributed by atoms with Gasteiger partial charge in [0.05, 0.1) is 23.9 Å². The molecule has 27 heavy (non-hydrogen) atoms. The molecule has 3 rings (SSSR count). The molecule has 0 aliphatic carbocycles. The zero-order valence-corrected chi connectivity index (χ0v) is 16.9. The monoisotopic (exact) mass is 388 g/mol. The molecule has 0 fully saturated rings. The normalized spacial score (nSPS) is 14.4. The molecule has 0 spiro atoms.